The Morgan fingerprint density at radius 1 is 1.14 bits per heavy atom. The Balaban J connectivity index is 1.57. The number of rotatable bonds is 5. The predicted molar refractivity (Wildman–Crippen MR) is 99.8 cm³/mol. The van der Waals surface area contributed by atoms with Crippen LogP contribution in [-0.4, -0.2) is 36.9 Å². The fourth-order valence-corrected chi connectivity index (χ4v) is 3.26. The average molecular weight is 388 g/mol. The second-order valence-electron chi connectivity index (χ2n) is 6.79. The minimum absolute atomic E-state index is 0.0817. The molecule has 0 radical (unpaired) electrons. The van der Waals surface area contributed by atoms with Crippen molar-refractivity contribution >= 4 is 11.8 Å². The molecule has 1 fully saturated rings. The molecular formula is C21H22F2N2O3. The number of halogens is 2. The molecule has 0 aliphatic carbocycles. The van der Waals surface area contributed by atoms with E-state index in [1.807, 2.05) is 24.3 Å². The molecule has 1 atom stereocenters. The highest BCUT2D eigenvalue weighted by Gasteiger charge is 2.29. The molecule has 0 bridgehead atoms. The Morgan fingerprint density at radius 3 is 2.57 bits per heavy atom. The number of benzene rings is 2. The Bertz CT molecular complexity index is 855. The summed E-state index contributed by atoms with van der Waals surface area (Å²) in [5.74, 6) is -2.16. The van der Waals surface area contributed by atoms with Gasteiger partial charge >= 0.3 is 0 Å². The van der Waals surface area contributed by atoms with Gasteiger partial charge in [-0.15, -0.1) is 0 Å². The van der Waals surface area contributed by atoms with Crippen molar-refractivity contribution in [2.45, 2.75) is 19.4 Å². The molecule has 148 valence electrons. The average Bonchev–Trinajstić information content (AvgIpc) is 2.74. The first kappa shape index (κ1) is 19.8. The molecule has 1 N–H and O–H groups in total. The lowest BCUT2D eigenvalue weighted by Crippen LogP contribution is -2.45. The van der Waals surface area contributed by atoms with Gasteiger partial charge in [0, 0.05) is 25.2 Å². The largest absolute Gasteiger partial charge is 0.497 e. The number of ether oxygens (including phenoxy) is 1. The van der Waals surface area contributed by atoms with Gasteiger partial charge in [-0.25, -0.2) is 8.78 Å². The Kier molecular flexibility index (Phi) is 6.23. The van der Waals surface area contributed by atoms with E-state index in [-0.39, 0.29) is 23.9 Å². The van der Waals surface area contributed by atoms with Gasteiger partial charge in [-0.1, -0.05) is 12.1 Å². The SMILES string of the molecule is COc1ccc(CNC(=O)[C@H]2CCCN(C(=O)c3ccc(F)c(F)c3)C2)cc1. The zero-order valence-corrected chi connectivity index (χ0v) is 15.6. The lowest BCUT2D eigenvalue weighted by molar-refractivity contribution is -0.126. The van der Waals surface area contributed by atoms with Gasteiger partial charge in [-0.3, -0.25) is 9.59 Å². The van der Waals surface area contributed by atoms with E-state index in [0.717, 1.165) is 23.4 Å². The van der Waals surface area contributed by atoms with E-state index in [9.17, 15) is 18.4 Å². The van der Waals surface area contributed by atoms with Gasteiger partial charge in [-0.05, 0) is 48.7 Å². The lowest BCUT2D eigenvalue weighted by atomic mass is 9.96. The monoisotopic (exact) mass is 388 g/mol. The number of amides is 2. The number of carbonyl (C=O) groups excluding carboxylic acids is 2. The summed E-state index contributed by atoms with van der Waals surface area (Å²) in [5, 5.41) is 2.89. The summed E-state index contributed by atoms with van der Waals surface area (Å²) in [6, 6.07) is 10.5. The number of methoxy groups -OCH3 is 1. The van der Waals surface area contributed by atoms with Crippen LogP contribution >= 0.6 is 0 Å². The number of hydrogen-bond acceptors (Lipinski definition) is 3. The van der Waals surface area contributed by atoms with Gasteiger partial charge < -0.3 is 15.0 Å². The second kappa shape index (κ2) is 8.82. The molecule has 3 rings (SSSR count). The molecule has 2 amide bonds. The Hall–Kier alpha value is -2.96. The minimum Gasteiger partial charge on any atom is -0.497 e. The maximum atomic E-state index is 13.4. The van der Waals surface area contributed by atoms with E-state index in [1.165, 1.54) is 11.0 Å². The maximum Gasteiger partial charge on any atom is 0.253 e. The summed E-state index contributed by atoms with van der Waals surface area (Å²) in [6.07, 6.45) is 1.35. The van der Waals surface area contributed by atoms with Crippen molar-refractivity contribution in [2.75, 3.05) is 20.2 Å². The second-order valence-corrected chi connectivity index (χ2v) is 6.79. The quantitative estimate of drug-likeness (QED) is 0.856. The van der Waals surface area contributed by atoms with Crippen molar-refractivity contribution in [3.05, 3.63) is 65.2 Å². The zero-order valence-electron chi connectivity index (χ0n) is 15.6. The number of piperidine rings is 1. The molecule has 0 unspecified atom stereocenters. The summed E-state index contributed by atoms with van der Waals surface area (Å²) >= 11 is 0. The molecule has 1 saturated heterocycles. The number of likely N-dealkylation sites (tertiary alicyclic amines) is 1. The van der Waals surface area contributed by atoms with E-state index in [2.05, 4.69) is 5.32 Å². The van der Waals surface area contributed by atoms with Crippen LogP contribution < -0.4 is 10.1 Å². The van der Waals surface area contributed by atoms with Crippen molar-refractivity contribution in [1.82, 2.24) is 10.2 Å². The molecule has 2 aromatic carbocycles. The van der Waals surface area contributed by atoms with Crippen LogP contribution in [0.2, 0.25) is 0 Å². The van der Waals surface area contributed by atoms with E-state index >= 15 is 0 Å². The fourth-order valence-electron chi connectivity index (χ4n) is 3.26. The normalized spacial score (nSPS) is 16.5. The summed E-state index contributed by atoms with van der Waals surface area (Å²) in [4.78, 5) is 26.6. The smallest absolute Gasteiger partial charge is 0.253 e. The maximum absolute atomic E-state index is 13.4. The summed E-state index contributed by atoms with van der Waals surface area (Å²) in [7, 11) is 1.59. The van der Waals surface area contributed by atoms with Crippen molar-refractivity contribution in [2.24, 2.45) is 5.92 Å². The third-order valence-electron chi connectivity index (χ3n) is 4.87. The van der Waals surface area contributed by atoms with Gasteiger partial charge in [0.1, 0.15) is 5.75 Å². The fraction of sp³-hybridized carbons (Fsp3) is 0.333. The third-order valence-corrected chi connectivity index (χ3v) is 4.87. The van der Waals surface area contributed by atoms with Crippen LogP contribution in [0.15, 0.2) is 42.5 Å². The molecule has 2 aromatic rings. The lowest BCUT2D eigenvalue weighted by Gasteiger charge is -2.32. The molecule has 0 saturated carbocycles. The molecule has 5 nitrogen and oxygen atoms in total. The van der Waals surface area contributed by atoms with E-state index in [1.54, 1.807) is 7.11 Å². The van der Waals surface area contributed by atoms with Crippen LogP contribution in [-0.2, 0) is 11.3 Å². The van der Waals surface area contributed by atoms with Gasteiger partial charge in [0.2, 0.25) is 5.91 Å². The number of hydrogen-bond donors (Lipinski definition) is 1. The molecule has 0 spiro atoms. The topological polar surface area (TPSA) is 58.6 Å². The standard InChI is InChI=1S/C21H22F2N2O3/c1-28-17-7-4-14(5-8-17)12-24-20(26)16-3-2-10-25(13-16)21(27)15-6-9-18(22)19(23)11-15/h4-9,11,16H,2-3,10,12-13H2,1H3,(H,24,26)/t16-/m0/s1. The number of nitrogens with zero attached hydrogens (tertiary/aromatic N) is 1. The van der Waals surface area contributed by atoms with Crippen LogP contribution in [0, 0.1) is 17.6 Å². The first-order valence-electron chi connectivity index (χ1n) is 9.13. The van der Waals surface area contributed by atoms with Crippen molar-refractivity contribution in [1.29, 1.82) is 0 Å². The molecule has 0 aromatic heterocycles. The van der Waals surface area contributed by atoms with Gasteiger partial charge in [0.05, 0.1) is 13.0 Å². The zero-order chi connectivity index (χ0) is 20.1. The van der Waals surface area contributed by atoms with Gasteiger partial charge in [0.15, 0.2) is 11.6 Å². The first-order chi connectivity index (χ1) is 13.5. The van der Waals surface area contributed by atoms with E-state index in [0.29, 0.717) is 25.9 Å². The Morgan fingerprint density at radius 2 is 1.89 bits per heavy atom. The predicted octanol–water partition coefficient (Wildman–Crippen LogP) is 3.14. The van der Waals surface area contributed by atoms with Crippen LogP contribution in [0.3, 0.4) is 0 Å². The van der Waals surface area contributed by atoms with Crippen LogP contribution in [0.4, 0.5) is 8.78 Å². The summed E-state index contributed by atoms with van der Waals surface area (Å²) in [6.45, 7) is 1.13. The van der Waals surface area contributed by atoms with Gasteiger partial charge in [-0.2, -0.15) is 0 Å². The van der Waals surface area contributed by atoms with E-state index in [4.69, 9.17) is 4.74 Å². The highest BCUT2D eigenvalue weighted by molar-refractivity contribution is 5.94. The van der Waals surface area contributed by atoms with Gasteiger partial charge in [0.25, 0.3) is 5.91 Å². The molecule has 1 aliphatic heterocycles. The first-order valence-corrected chi connectivity index (χ1v) is 9.13. The number of carbonyl (C=O) groups is 2. The highest BCUT2D eigenvalue weighted by atomic mass is 19.2. The number of nitrogens with one attached hydrogen (secondary N) is 1. The minimum atomic E-state index is -1.06. The summed E-state index contributed by atoms with van der Waals surface area (Å²) in [5.41, 5.74) is 1.03. The molecule has 28 heavy (non-hydrogen) atoms. The van der Waals surface area contributed by atoms with Crippen molar-refractivity contribution in [3.8, 4) is 5.75 Å². The molecule has 1 heterocycles. The van der Waals surface area contributed by atoms with Crippen molar-refractivity contribution < 1.29 is 23.1 Å². The van der Waals surface area contributed by atoms with Crippen LogP contribution in [0.25, 0.3) is 0 Å². The molecule has 1 aliphatic rings. The molecule has 7 heteroatoms. The highest BCUT2D eigenvalue weighted by Crippen LogP contribution is 2.20. The van der Waals surface area contributed by atoms with Crippen LogP contribution in [0.1, 0.15) is 28.8 Å². The summed E-state index contributed by atoms with van der Waals surface area (Å²) < 4.78 is 31.6. The third kappa shape index (κ3) is 4.65. The Labute approximate surface area is 162 Å². The van der Waals surface area contributed by atoms with Crippen LogP contribution in [0.5, 0.6) is 5.75 Å². The van der Waals surface area contributed by atoms with E-state index < -0.39 is 17.5 Å². The molecular weight excluding hydrogens is 366 g/mol. The van der Waals surface area contributed by atoms with Crippen molar-refractivity contribution in [3.63, 3.8) is 0 Å².